The summed E-state index contributed by atoms with van der Waals surface area (Å²) in [5.74, 6) is -1.89. The second-order valence-corrected chi connectivity index (χ2v) is 7.61. The Balaban J connectivity index is 2.21. The lowest BCUT2D eigenvalue weighted by atomic mass is 10.2. The van der Waals surface area contributed by atoms with E-state index in [1.54, 1.807) is 12.1 Å². The van der Waals surface area contributed by atoms with Gasteiger partial charge in [0, 0.05) is 13.1 Å². The number of nitrogens with one attached hydrogen (secondary N) is 1. The van der Waals surface area contributed by atoms with Crippen molar-refractivity contribution < 1.29 is 23.1 Å². The van der Waals surface area contributed by atoms with Gasteiger partial charge in [0.1, 0.15) is 12.1 Å². The van der Waals surface area contributed by atoms with E-state index in [0.29, 0.717) is 12.8 Å². The monoisotopic (exact) mass is 355 g/mol. The molecule has 0 aromatic heterocycles. The highest BCUT2D eigenvalue weighted by molar-refractivity contribution is 7.89. The first-order valence-electron chi connectivity index (χ1n) is 7.59. The van der Waals surface area contributed by atoms with Crippen molar-refractivity contribution in [1.82, 2.24) is 9.62 Å². The predicted octanol–water partition coefficient (Wildman–Crippen LogP) is -0.324. The normalized spacial score (nSPS) is 19.8. The summed E-state index contributed by atoms with van der Waals surface area (Å²) in [6.45, 7) is 1.80. The van der Waals surface area contributed by atoms with E-state index in [1.807, 2.05) is 6.92 Å². The molecule has 4 N–H and O–H groups in total. The van der Waals surface area contributed by atoms with Crippen molar-refractivity contribution >= 4 is 21.9 Å². The molecule has 1 aliphatic rings. The Bertz CT molecular complexity index is 717. The topological polar surface area (TPSA) is 130 Å². The summed E-state index contributed by atoms with van der Waals surface area (Å²) in [6.07, 6.45) is 0.872. The number of sulfonamides is 1. The zero-order valence-electron chi connectivity index (χ0n) is 13.3. The zero-order valence-corrected chi connectivity index (χ0v) is 14.1. The van der Waals surface area contributed by atoms with E-state index >= 15 is 0 Å². The third-order valence-corrected chi connectivity index (χ3v) is 5.91. The quantitative estimate of drug-likeness (QED) is 0.641. The summed E-state index contributed by atoms with van der Waals surface area (Å²) in [7, 11) is -3.82. The molecule has 9 heteroatoms. The van der Waals surface area contributed by atoms with Gasteiger partial charge in [-0.15, -0.1) is 0 Å². The lowest BCUT2D eigenvalue weighted by Crippen LogP contribution is -2.53. The lowest BCUT2D eigenvalue weighted by Gasteiger charge is -2.24. The van der Waals surface area contributed by atoms with Gasteiger partial charge in [-0.1, -0.05) is 17.7 Å². The molecule has 1 saturated heterocycles. The highest BCUT2D eigenvalue weighted by Crippen LogP contribution is 2.26. The van der Waals surface area contributed by atoms with Gasteiger partial charge in [-0.25, -0.2) is 13.2 Å². The maximum atomic E-state index is 12.8. The fraction of sp³-hybridized carbons (Fsp3) is 0.467. The number of hydrogen-bond acceptors (Lipinski definition) is 5. The van der Waals surface area contributed by atoms with Crippen LogP contribution in [0.1, 0.15) is 18.4 Å². The first kappa shape index (κ1) is 18.4. The molecule has 132 valence electrons. The van der Waals surface area contributed by atoms with Crippen LogP contribution in [0.3, 0.4) is 0 Å². The molecule has 0 saturated carbocycles. The van der Waals surface area contributed by atoms with Crippen LogP contribution in [-0.2, 0) is 19.6 Å². The Kier molecular flexibility index (Phi) is 5.58. The molecule has 1 aliphatic heterocycles. The smallest absolute Gasteiger partial charge is 0.327 e. The van der Waals surface area contributed by atoms with Gasteiger partial charge in [0.2, 0.25) is 15.9 Å². The van der Waals surface area contributed by atoms with E-state index in [2.05, 4.69) is 5.32 Å². The highest BCUT2D eigenvalue weighted by atomic mass is 32.2. The Morgan fingerprint density at radius 3 is 2.54 bits per heavy atom. The number of carbonyl (C=O) groups is 2. The van der Waals surface area contributed by atoms with Crippen molar-refractivity contribution in [3.8, 4) is 0 Å². The third kappa shape index (κ3) is 3.74. The fourth-order valence-electron chi connectivity index (χ4n) is 2.62. The molecular formula is C15H21N3O5S. The number of hydrogen-bond donors (Lipinski definition) is 3. The maximum absolute atomic E-state index is 12.8. The number of carboxylic acids is 1. The van der Waals surface area contributed by atoms with Crippen LogP contribution in [0.25, 0.3) is 0 Å². The number of nitrogens with two attached hydrogens (primary N) is 1. The number of aryl methyl sites for hydroxylation is 1. The molecule has 0 radical (unpaired) electrons. The van der Waals surface area contributed by atoms with Gasteiger partial charge in [0.25, 0.3) is 0 Å². The number of carboxylic acid groups (broad SMARTS) is 1. The Morgan fingerprint density at radius 2 is 2.00 bits per heavy atom. The molecular weight excluding hydrogens is 334 g/mol. The van der Waals surface area contributed by atoms with Crippen LogP contribution in [0.15, 0.2) is 29.2 Å². The van der Waals surface area contributed by atoms with Crippen LogP contribution < -0.4 is 11.1 Å². The third-order valence-electron chi connectivity index (χ3n) is 3.98. The minimum Gasteiger partial charge on any atom is -0.480 e. The average Bonchev–Trinajstić information content (AvgIpc) is 3.03. The standard InChI is InChI=1S/C15H21N3O5S/c1-10-4-6-11(7-5-10)24(22,23)18-8-2-3-13(18)14(19)17-12(9-16)15(20)21/h4-7,12-13H,2-3,8-9,16H2,1H3,(H,17,19)(H,20,21)/t12-,13+/m0/s1. The van der Waals surface area contributed by atoms with Gasteiger partial charge >= 0.3 is 5.97 Å². The van der Waals surface area contributed by atoms with Crippen molar-refractivity contribution in [2.24, 2.45) is 5.73 Å². The molecule has 0 unspecified atom stereocenters. The second-order valence-electron chi connectivity index (χ2n) is 5.72. The minimum absolute atomic E-state index is 0.112. The Morgan fingerprint density at radius 1 is 1.38 bits per heavy atom. The van der Waals surface area contributed by atoms with Crippen molar-refractivity contribution in [3.05, 3.63) is 29.8 Å². The molecule has 2 atom stereocenters. The molecule has 1 fully saturated rings. The summed E-state index contributed by atoms with van der Waals surface area (Å²) < 4.78 is 26.6. The molecule has 0 spiro atoms. The van der Waals surface area contributed by atoms with Crippen LogP contribution >= 0.6 is 0 Å². The van der Waals surface area contributed by atoms with E-state index in [9.17, 15) is 18.0 Å². The van der Waals surface area contributed by atoms with Crippen molar-refractivity contribution in [2.45, 2.75) is 36.7 Å². The second kappa shape index (κ2) is 7.29. The molecule has 1 aromatic carbocycles. The average molecular weight is 355 g/mol. The van der Waals surface area contributed by atoms with E-state index in [0.717, 1.165) is 9.87 Å². The van der Waals surface area contributed by atoms with E-state index in [1.165, 1.54) is 12.1 Å². The van der Waals surface area contributed by atoms with Gasteiger partial charge in [0.05, 0.1) is 4.90 Å². The van der Waals surface area contributed by atoms with E-state index in [-0.39, 0.29) is 18.0 Å². The number of carbonyl (C=O) groups excluding carboxylic acids is 1. The molecule has 1 heterocycles. The number of rotatable bonds is 6. The van der Waals surface area contributed by atoms with Crippen LogP contribution in [0, 0.1) is 6.92 Å². The summed E-state index contributed by atoms with van der Waals surface area (Å²) in [5.41, 5.74) is 6.25. The lowest BCUT2D eigenvalue weighted by molar-refractivity contribution is -0.142. The number of aliphatic carboxylic acids is 1. The van der Waals surface area contributed by atoms with Crippen LogP contribution in [0.4, 0.5) is 0 Å². The van der Waals surface area contributed by atoms with E-state index < -0.39 is 34.0 Å². The van der Waals surface area contributed by atoms with Gasteiger partial charge < -0.3 is 16.2 Å². The first-order chi connectivity index (χ1) is 11.3. The molecule has 0 aliphatic carbocycles. The van der Waals surface area contributed by atoms with Gasteiger partial charge in [0.15, 0.2) is 0 Å². The van der Waals surface area contributed by atoms with Crippen molar-refractivity contribution in [2.75, 3.05) is 13.1 Å². The predicted molar refractivity (Wildman–Crippen MR) is 86.7 cm³/mol. The largest absolute Gasteiger partial charge is 0.480 e. The van der Waals surface area contributed by atoms with Crippen LogP contribution in [0.2, 0.25) is 0 Å². The van der Waals surface area contributed by atoms with Crippen molar-refractivity contribution in [1.29, 1.82) is 0 Å². The van der Waals surface area contributed by atoms with E-state index in [4.69, 9.17) is 10.8 Å². The maximum Gasteiger partial charge on any atom is 0.327 e. The molecule has 24 heavy (non-hydrogen) atoms. The molecule has 0 bridgehead atoms. The summed E-state index contributed by atoms with van der Waals surface area (Å²) in [6, 6.07) is 4.21. The SMILES string of the molecule is Cc1ccc(S(=O)(=O)N2CCC[C@@H]2C(=O)N[C@@H](CN)C(=O)O)cc1. The first-order valence-corrected chi connectivity index (χ1v) is 9.03. The zero-order chi connectivity index (χ0) is 17.9. The molecule has 8 nitrogen and oxygen atoms in total. The molecule has 1 aromatic rings. The van der Waals surface area contributed by atoms with Gasteiger partial charge in [-0.3, -0.25) is 4.79 Å². The summed E-state index contributed by atoms with van der Waals surface area (Å²) in [5, 5.41) is 11.3. The number of benzene rings is 1. The summed E-state index contributed by atoms with van der Waals surface area (Å²) >= 11 is 0. The van der Waals surface area contributed by atoms with Gasteiger partial charge in [-0.05, 0) is 31.9 Å². The molecule has 2 rings (SSSR count). The summed E-state index contributed by atoms with van der Waals surface area (Å²) in [4.78, 5) is 23.4. The highest BCUT2D eigenvalue weighted by Gasteiger charge is 2.40. The number of amides is 1. The van der Waals surface area contributed by atoms with Crippen LogP contribution in [0.5, 0.6) is 0 Å². The van der Waals surface area contributed by atoms with Gasteiger partial charge in [-0.2, -0.15) is 4.31 Å². The Hall–Kier alpha value is -1.97. The van der Waals surface area contributed by atoms with Crippen molar-refractivity contribution in [3.63, 3.8) is 0 Å². The Labute approximate surface area is 140 Å². The van der Waals surface area contributed by atoms with Crippen LogP contribution in [-0.4, -0.2) is 54.9 Å². The fourth-order valence-corrected chi connectivity index (χ4v) is 4.28. The molecule has 1 amide bonds. The minimum atomic E-state index is -3.82. The number of nitrogens with zero attached hydrogens (tertiary/aromatic N) is 1.